The Morgan fingerprint density at radius 2 is 1.93 bits per heavy atom. The molecule has 0 fully saturated rings. The second-order valence-electron chi connectivity index (χ2n) is 7.04. The Balaban J connectivity index is 1.46. The highest BCUT2D eigenvalue weighted by molar-refractivity contribution is 6.25. The molecule has 0 aromatic heterocycles. The Morgan fingerprint density at radius 3 is 2.69 bits per heavy atom. The summed E-state index contributed by atoms with van der Waals surface area (Å²) in [6.07, 6.45) is 1.72. The number of anilines is 1. The van der Waals surface area contributed by atoms with Crippen molar-refractivity contribution in [3.63, 3.8) is 0 Å². The topological polar surface area (TPSA) is 59.0 Å². The van der Waals surface area contributed by atoms with Crippen LogP contribution in [-0.2, 0) is 6.42 Å². The first-order valence-corrected chi connectivity index (χ1v) is 9.54. The summed E-state index contributed by atoms with van der Waals surface area (Å²) in [5, 5.41) is 12.5. The number of aliphatic hydroxyl groups is 1. The standard InChI is InChI=1S/C24H23NO4/c1-3-6-16-11-12-21(22(13-16)28-2)29-15-18(26)14-25-20-10-5-8-17-7-4-9-19(23(17)20)24(25)27/h3-5,7-13,18,26H,1,6,14-15H2,2H3. The lowest BCUT2D eigenvalue weighted by molar-refractivity contribution is 0.0909. The van der Waals surface area contributed by atoms with Gasteiger partial charge in [0.2, 0.25) is 0 Å². The lowest BCUT2D eigenvalue weighted by atomic mass is 10.1. The van der Waals surface area contributed by atoms with E-state index in [2.05, 4.69) is 6.58 Å². The van der Waals surface area contributed by atoms with E-state index in [1.54, 1.807) is 12.0 Å². The number of allylic oxidation sites excluding steroid dienone is 1. The summed E-state index contributed by atoms with van der Waals surface area (Å²) in [6.45, 7) is 3.95. The molecular formula is C24H23NO4. The van der Waals surface area contributed by atoms with Gasteiger partial charge in [0.05, 0.1) is 19.3 Å². The van der Waals surface area contributed by atoms with E-state index in [1.807, 2.05) is 60.7 Å². The summed E-state index contributed by atoms with van der Waals surface area (Å²) in [6, 6.07) is 17.2. The number of aliphatic hydroxyl groups excluding tert-OH is 1. The monoisotopic (exact) mass is 389 g/mol. The Morgan fingerprint density at radius 1 is 1.14 bits per heavy atom. The van der Waals surface area contributed by atoms with E-state index in [-0.39, 0.29) is 19.1 Å². The molecule has 1 atom stereocenters. The number of ether oxygens (including phenoxy) is 2. The molecule has 0 aliphatic carbocycles. The van der Waals surface area contributed by atoms with Crippen LogP contribution in [0, 0.1) is 0 Å². The molecule has 0 saturated carbocycles. The van der Waals surface area contributed by atoms with Crippen molar-refractivity contribution in [2.75, 3.05) is 25.2 Å². The Hall–Kier alpha value is -3.31. The number of carbonyl (C=O) groups is 1. The largest absolute Gasteiger partial charge is 0.493 e. The third-order valence-corrected chi connectivity index (χ3v) is 5.08. The molecule has 29 heavy (non-hydrogen) atoms. The van der Waals surface area contributed by atoms with E-state index in [0.29, 0.717) is 17.1 Å². The summed E-state index contributed by atoms with van der Waals surface area (Å²) in [5.41, 5.74) is 2.57. The van der Waals surface area contributed by atoms with E-state index in [0.717, 1.165) is 28.4 Å². The van der Waals surface area contributed by atoms with Crippen LogP contribution in [-0.4, -0.2) is 37.4 Å². The third-order valence-electron chi connectivity index (χ3n) is 5.08. The maximum atomic E-state index is 12.8. The molecule has 0 bridgehead atoms. The molecule has 148 valence electrons. The zero-order valence-electron chi connectivity index (χ0n) is 16.3. The Labute approximate surface area is 169 Å². The molecule has 5 heteroatoms. The maximum absolute atomic E-state index is 12.8. The molecule has 1 heterocycles. The number of hydrogen-bond donors (Lipinski definition) is 1. The lowest BCUT2D eigenvalue weighted by Gasteiger charge is -2.22. The van der Waals surface area contributed by atoms with Gasteiger partial charge in [-0.05, 0) is 41.6 Å². The van der Waals surface area contributed by atoms with Gasteiger partial charge in [-0.1, -0.05) is 36.4 Å². The molecular weight excluding hydrogens is 366 g/mol. The molecule has 1 unspecified atom stereocenters. The molecule has 3 aromatic rings. The van der Waals surface area contributed by atoms with Gasteiger partial charge in [0.15, 0.2) is 11.5 Å². The Kier molecular flexibility index (Phi) is 5.23. The van der Waals surface area contributed by atoms with Gasteiger partial charge in [-0.2, -0.15) is 0 Å². The zero-order valence-corrected chi connectivity index (χ0v) is 16.3. The number of carbonyl (C=O) groups excluding carboxylic acids is 1. The van der Waals surface area contributed by atoms with Crippen LogP contribution in [0.3, 0.4) is 0 Å². The quantitative estimate of drug-likeness (QED) is 0.592. The number of β-amino-alcohol motifs (C(OH)–C–C–N with tert-alkyl or cyclic N) is 1. The van der Waals surface area contributed by atoms with Crippen molar-refractivity contribution in [1.82, 2.24) is 0 Å². The minimum absolute atomic E-state index is 0.0489. The predicted molar refractivity (Wildman–Crippen MR) is 114 cm³/mol. The van der Waals surface area contributed by atoms with Crippen LogP contribution in [0.15, 0.2) is 67.3 Å². The highest BCUT2D eigenvalue weighted by Crippen LogP contribution is 2.37. The SMILES string of the molecule is C=CCc1ccc(OCC(O)CN2C(=O)c3cccc4cccc2c34)c(OC)c1. The molecule has 1 aliphatic heterocycles. The molecule has 1 amide bonds. The van der Waals surface area contributed by atoms with Crippen molar-refractivity contribution in [2.45, 2.75) is 12.5 Å². The predicted octanol–water partition coefficient (Wildman–Crippen LogP) is 3.98. The average molecular weight is 389 g/mol. The number of benzene rings is 3. The van der Waals surface area contributed by atoms with Gasteiger partial charge in [-0.15, -0.1) is 6.58 Å². The number of hydrogen-bond acceptors (Lipinski definition) is 4. The van der Waals surface area contributed by atoms with E-state index in [9.17, 15) is 9.90 Å². The van der Waals surface area contributed by atoms with E-state index < -0.39 is 6.10 Å². The number of methoxy groups -OCH3 is 1. The fourth-order valence-corrected chi connectivity index (χ4v) is 3.73. The fraction of sp³-hybridized carbons (Fsp3) is 0.208. The van der Waals surface area contributed by atoms with Crippen molar-refractivity contribution >= 4 is 22.4 Å². The number of nitrogens with zero attached hydrogens (tertiary/aromatic N) is 1. The summed E-state index contributed by atoms with van der Waals surface area (Å²) < 4.78 is 11.2. The van der Waals surface area contributed by atoms with Crippen LogP contribution in [0.25, 0.3) is 10.8 Å². The third kappa shape index (κ3) is 3.57. The molecule has 4 rings (SSSR count). The van der Waals surface area contributed by atoms with Crippen LogP contribution in [0.2, 0.25) is 0 Å². The van der Waals surface area contributed by atoms with Crippen LogP contribution >= 0.6 is 0 Å². The first kappa shape index (κ1) is 19.0. The highest BCUT2D eigenvalue weighted by atomic mass is 16.5. The average Bonchev–Trinajstić information content (AvgIpc) is 3.01. The van der Waals surface area contributed by atoms with Crippen LogP contribution in [0.4, 0.5) is 5.69 Å². The number of amides is 1. The van der Waals surface area contributed by atoms with Gasteiger partial charge < -0.3 is 19.5 Å². The van der Waals surface area contributed by atoms with Crippen molar-refractivity contribution in [1.29, 1.82) is 0 Å². The lowest BCUT2D eigenvalue weighted by Crippen LogP contribution is -2.37. The molecule has 0 saturated heterocycles. The molecule has 3 aromatic carbocycles. The fourth-order valence-electron chi connectivity index (χ4n) is 3.73. The molecule has 1 N–H and O–H groups in total. The highest BCUT2D eigenvalue weighted by Gasteiger charge is 2.30. The van der Waals surface area contributed by atoms with Crippen molar-refractivity contribution < 1.29 is 19.4 Å². The second-order valence-corrected chi connectivity index (χ2v) is 7.04. The smallest absolute Gasteiger partial charge is 0.259 e. The molecule has 5 nitrogen and oxygen atoms in total. The van der Waals surface area contributed by atoms with Crippen molar-refractivity contribution in [2.24, 2.45) is 0 Å². The van der Waals surface area contributed by atoms with Gasteiger partial charge in [0.25, 0.3) is 5.91 Å². The molecule has 1 aliphatic rings. The minimum Gasteiger partial charge on any atom is -0.493 e. The first-order valence-electron chi connectivity index (χ1n) is 9.54. The van der Waals surface area contributed by atoms with Gasteiger partial charge in [0, 0.05) is 10.9 Å². The maximum Gasteiger partial charge on any atom is 0.259 e. The van der Waals surface area contributed by atoms with Crippen LogP contribution in [0.5, 0.6) is 11.5 Å². The summed E-state index contributed by atoms with van der Waals surface area (Å²) >= 11 is 0. The van der Waals surface area contributed by atoms with Gasteiger partial charge in [-0.25, -0.2) is 0 Å². The second kappa shape index (κ2) is 7.97. The van der Waals surface area contributed by atoms with Crippen LogP contribution in [0.1, 0.15) is 15.9 Å². The van der Waals surface area contributed by atoms with Crippen LogP contribution < -0.4 is 14.4 Å². The van der Waals surface area contributed by atoms with Gasteiger partial charge in [0.1, 0.15) is 12.7 Å². The Bertz CT molecular complexity index is 1070. The zero-order chi connectivity index (χ0) is 20.4. The van der Waals surface area contributed by atoms with Gasteiger partial charge >= 0.3 is 0 Å². The summed E-state index contributed by atoms with van der Waals surface area (Å²) in [7, 11) is 1.58. The van der Waals surface area contributed by atoms with E-state index in [1.165, 1.54) is 0 Å². The van der Waals surface area contributed by atoms with E-state index >= 15 is 0 Å². The summed E-state index contributed by atoms with van der Waals surface area (Å²) in [5.74, 6) is 1.06. The molecule has 0 radical (unpaired) electrons. The van der Waals surface area contributed by atoms with Gasteiger partial charge in [-0.3, -0.25) is 4.79 Å². The first-order chi connectivity index (χ1) is 14.1. The number of rotatable bonds is 8. The van der Waals surface area contributed by atoms with Crippen molar-refractivity contribution in [3.8, 4) is 11.5 Å². The normalized spacial score (nSPS) is 13.6. The molecule has 0 spiro atoms. The minimum atomic E-state index is -0.846. The van der Waals surface area contributed by atoms with E-state index in [4.69, 9.17) is 9.47 Å². The summed E-state index contributed by atoms with van der Waals surface area (Å²) in [4.78, 5) is 14.5. The van der Waals surface area contributed by atoms with Crippen molar-refractivity contribution in [3.05, 3.63) is 78.4 Å².